The summed E-state index contributed by atoms with van der Waals surface area (Å²) < 4.78 is 0. The molecule has 0 amide bonds. The summed E-state index contributed by atoms with van der Waals surface area (Å²) >= 11 is 0. The van der Waals surface area contributed by atoms with E-state index in [1.807, 2.05) is 0 Å². The lowest BCUT2D eigenvalue weighted by atomic mass is 10.0. The van der Waals surface area contributed by atoms with Crippen molar-refractivity contribution in [1.29, 1.82) is 0 Å². The van der Waals surface area contributed by atoms with Gasteiger partial charge in [0, 0.05) is 31.7 Å². The van der Waals surface area contributed by atoms with Crippen LogP contribution in [0.4, 0.5) is 0 Å². The Hall–Kier alpha value is -1.00. The smallest absolute Gasteiger partial charge is 0.0771 e. The Morgan fingerprint density at radius 1 is 1.33 bits per heavy atom. The van der Waals surface area contributed by atoms with Gasteiger partial charge in [0.15, 0.2) is 0 Å². The molecule has 4 nitrogen and oxygen atoms in total. The van der Waals surface area contributed by atoms with E-state index in [0.717, 1.165) is 31.4 Å². The van der Waals surface area contributed by atoms with E-state index in [1.165, 1.54) is 0 Å². The van der Waals surface area contributed by atoms with Crippen LogP contribution in [0, 0.1) is 0 Å². The van der Waals surface area contributed by atoms with E-state index < -0.39 is 5.60 Å². The summed E-state index contributed by atoms with van der Waals surface area (Å²) in [6, 6.07) is 0. The molecule has 15 heavy (non-hydrogen) atoms. The van der Waals surface area contributed by atoms with Gasteiger partial charge in [-0.3, -0.25) is 9.97 Å². The molecule has 1 saturated carbocycles. The first-order chi connectivity index (χ1) is 7.29. The van der Waals surface area contributed by atoms with E-state index in [2.05, 4.69) is 15.3 Å². The van der Waals surface area contributed by atoms with Gasteiger partial charge in [-0.2, -0.15) is 0 Å². The molecule has 0 saturated heterocycles. The Morgan fingerprint density at radius 3 is 2.80 bits per heavy atom. The van der Waals surface area contributed by atoms with E-state index in [9.17, 15) is 5.11 Å². The normalized spacial score (nSPS) is 19.3. The van der Waals surface area contributed by atoms with Crippen LogP contribution >= 0.6 is 0 Å². The minimum Gasteiger partial charge on any atom is -0.389 e. The predicted octanol–water partition coefficient (Wildman–Crippen LogP) is 0.871. The standard InChI is InChI=1S/C11H17N3O/c15-11(3-1-2-4-11)9-13-8-10-7-12-5-6-14-10/h5-7,13,15H,1-4,8-9H2. The number of nitrogens with one attached hydrogen (secondary N) is 1. The quantitative estimate of drug-likeness (QED) is 0.769. The summed E-state index contributed by atoms with van der Waals surface area (Å²) in [7, 11) is 0. The van der Waals surface area contributed by atoms with Crippen molar-refractivity contribution >= 4 is 0 Å². The zero-order valence-electron chi connectivity index (χ0n) is 8.82. The molecule has 0 aromatic carbocycles. The van der Waals surface area contributed by atoms with Crippen LogP contribution < -0.4 is 5.32 Å². The second-order valence-corrected chi connectivity index (χ2v) is 4.23. The summed E-state index contributed by atoms with van der Waals surface area (Å²) in [5.74, 6) is 0. The average molecular weight is 207 g/mol. The van der Waals surface area contributed by atoms with Gasteiger partial charge >= 0.3 is 0 Å². The van der Waals surface area contributed by atoms with Gasteiger partial charge in [-0.05, 0) is 12.8 Å². The van der Waals surface area contributed by atoms with Crippen LogP contribution in [0.3, 0.4) is 0 Å². The van der Waals surface area contributed by atoms with Crippen molar-refractivity contribution < 1.29 is 5.11 Å². The summed E-state index contributed by atoms with van der Waals surface area (Å²) in [6.07, 6.45) is 9.20. The zero-order chi connectivity index (χ0) is 10.6. The molecule has 1 aliphatic carbocycles. The van der Waals surface area contributed by atoms with E-state index in [4.69, 9.17) is 0 Å². The third-order valence-corrected chi connectivity index (χ3v) is 2.91. The molecule has 2 rings (SSSR count). The van der Waals surface area contributed by atoms with Crippen molar-refractivity contribution in [2.24, 2.45) is 0 Å². The molecular formula is C11H17N3O. The van der Waals surface area contributed by atoms with Gasteiger partial charge in [-0.15, -0.1) is 0 Å². The Bertz CT molecular complexity index is 296. The molecule has 82 valence electrons. The van der Waals surface area contributed by atoms with E-state index in [0.29, 0.717) is 13.1 Å². The fraction of sp³-hybridized carbons (Fsp3) is 0.636. The Labute approximate surface area is 89.8 Å². The molecule has 2 N–H and O–H groups in total. The number of aromatic nitrogens is 2. The lowest BCUT2D eigenvalue weighted by Crippen LogP contribution is -2.37. The third-order valence-electron chi connectivity index (χ3n) is 2.91. The molecule has 1 aromatic rings. The van der Waals surface area contributed by atoms with Crippen LogP contribution in [0.1, 0.15) is 31.4 Å². The number of rotatable bonds is 4. The molecule has 0 spiro atoms. The van der Waals surface area contributed by atoms with Gasteiger partial charge in [0.2, 0.25) is 0 Å². The monoisotopic (exact) mass is 207 g/mol. The number of hydrogen-bond acceptors (Lipinski definition) is 4. The Balaban J connectivity index is 1.75. The minimum atomic E-state index is -0.484. The SMILES string of the molecule is OC1(CNCc2cnccn2)CCCC1. The fourth-order valence-electron chi connectivity index (χ4n) is 2.05. The maximum atomic E-state index is 10.1. The maximum absolute atomic E-state index is 10.1. The third kappa shape index (κ3) is 2.97. The van der Waals surface area contributed by atoms with Crippen LogP contribution in [-0.4, -0.2) is 27.2 Å². The Kier molecular flexibility index (Phi) is 3.28. The summed E-state index contributed by atoms with van der Waals surface area (Å²) in [5.41, 5.74) is 0.432. The van der Waals surface area contributed by atoms with Crippen LogP contribution in [0.25, 0.3) is 0 Å². The zero-order valence-corrected chi connectivity index (χ0v) is 8.82. The molecule has 1 aliphatic rings. The highest BCUT2D eigenvalue weighted by Gasteiger charge is 2.30. The molecule has 0 atom stereocenters. The molecule has 1 heterocycles. The van der Waals surface area contributed by atoms with Crippen LogP contribution in [0.15, 0.2) is 18.6 Å². The summed E-state index contributed by atoms with van der Waals surface area (Å²) in [5, 5.41) is 13.3. The first kappa shape index (κ1) is 10.5. The molecule has 4 heteroatoms. The summed E-state index contributed by atoms with van der Waals surface area (Å²) in [4.78, 5) is 8.15. The van der Waals surface area contributed by atoms with Gasteiger partial charge in [0.1, 0.15) is 0 Å². The van der Waals surface area contributed by atoms with Gasteiger partial charge in [0.25, 0.3) is 0 Å². The van der Waals surface area contributed by atoms with Crippen molar-refractivity contribution in [3.8, 4) is 0 Å². The minimum absolute atomic E-state index is 0.484. The van der Waals surface area contributed by atoms with Crippen molar-refractivity contribution in [2.75, 3.05) is 6.54 Å². The second kappa shape index (κ2) is 4.68. The van der Waals surface area contributed by atoms with Crippen molar-refractivity contribution in [1.82, 2.24) is 15.3 Å². The van der Waals surface area contributed by atoms with Crippen molar-refractivity contribution in [3.63, 3.8) is 0 Å². The van der Waals surface area contributed by atoms with E-state index in [1.54, 1.807) is 18.6 Å². The highest BCUT2D eigenvalue weighted by atomic mass is 16.3. The maximum Gasteiger partial charge on any atom is 0.0771 e. The van der Waals surface area contributed by atoms with Gasteiger partial charge in [-0.1, -0.05) is 12.8 Å². The highest BCUT2D eigenvalue weighted by Crippen LogP contribution is 2.28. The molecule has 1 fully saturated rings. The van der Waals surface area contributed by atoms with Crippen LogP contribution in [0.5, 0.6) is 0 Å². The van der Waals surface area contributed by atoms with Gasteiger partial charge < -0.3 is 10.4 Å². The molecular weight excluding hydrogens is 190 g/mol. The number of nitrogens with zero attached hydrogens (tertiary/aromatic N) is 2. The lowest BCUT2D eigenvalue weighted by molar-refractivity contribution is 0.0474. The van der Waals surface area contributed by atoms with E-state index in [-0.39, 0.29) is 0 Å². The van der Waals surface area contributed by atoms with Crippen molar-refractivity contribution in [2.45, 2.75) is 37.8 Å². The predicted molar refractivity (Wildman–Crippen MR) is 57.2 cm³/mol. The molecule has 0 unspecified atom stereocenters. The average Bonchev–Trinajstić information content (AvgIpc) is 2.67. The molecule has 0 bridgehead atoms. The number of hydrogen-bond donors (Lipinski definition) is 2. The van der Waals surface area contributed by atoms with Crippen LogP contribution in [-0.2, 0) is 6.54 Å². The second-order valence-electron chi connectivity index (χ2n) is 4.23. The van der Waals surface area contributed by atoms with Gasteiger partial charge in [-0.25, -0.2) is 0 Å². The van der Waals surface area contributed by atoms with Gasteiger partial charge in [0.05, 0.1) is 11.3 Å². The molecule has 1 aromatic heterocycles. The first-order valence-corrected chi connectivity index (χ1v) is 5.47. The number of aliphatic hydroxyl groups is 1. The fourth-order valence-corrected chi connectivity index (χ4v) is 2.05. The van der Waals surface area contributed by atoms with Crippen molar-refractivity contribution in [3.05, 3.63) is 24.3 Å². The topological polar surface area (TPSA) is 58.0 Å². The van der Waals surface area contributed by atoms with E-state index >= 15 is 0 Å². The Morgan fingerprint density at radius 2 is 2.13 bits per heavy atom. The molecule has 0 radical (unpaired) electrons. The summed E-state index contributed by atoms with van der Waals surface area (Å²) in [6.45, 7) is 1.33. The first-order valence-electron chi connectivity index (χ1n) is 5.47. The lowest BCUT2D eigenvalue weighted by Gasteiger charge is -2.22. The van der Waals surface area contributed by atoms with Crippen LogP contribution in [0.2, 0.25) is 0 Å². The largest absolute Gasteiger partial charge is 0.389 e. The molecule has 0 aliphatic heterocycles. The highest BCUT2D eigenvalue weighted by molar-refractivity contribution is 4.95.